The summed E-state index contributed by atoms with van der Waals surface area (Å²) in [5.74, 6) is 0. The maximum Gasteiger partial charge on any atom is 0.221 e. The average molecular weight is 129 g/mol. The second-order valence-corrected chi connectivity index (χ2v) is 2.34. The van der Waals surface area contributed by atoms with Gasteiger partial charge in [-0.3, -0.25) is 0 Å². The Bertz CT molecular complexity index is 103. The lowest BCUT2D eigenvalue weighted by Gasteiger charge is -2.01. The number of fused-ring (bicyclic) bond motifs is 1. The summed E-state index contributed by atoms with van der Waals surface area (Å²) in [5.41, 5.74) is 0. The van der Waals surface area contributed by atoms with E-state index in [9.17, 15) is 0 Å². The van der Waals surface area contributed by atoms with Crippen molar-refractivity contribution in [2.45, 2.75) is 19.1 Å². The Morgan fingerprint density at radius 1 is 1.22 bits per heavy atom. The van der Waals surface area contributed by atoms with Gasteiger partial charge >= 0.3 is 0 Å². The summed E-state index contributed by atoms with van der Waals surface area (Å²) >= 11 is 0. The molecule has 9 heavy (non-hydrogen) atoms. The van der Waals surface area contributed by atoms with Gasteiger partial charge in [-0.1, -0.05) is 0 Å². The zero-order valence-electron chi connectivity index (χ0n) is 5.29. The van der Waals surface area contributed by atoms with Crippen LogP contribution in [0.3, 0.4) is 0 Å². The molecule has 0 spiro atoms. The van der Waals surface area contributed by atoms with Gasteiger partial charge in [0, 0.05) is 0 Å². The van der Waals surface area contributed by atoms with Crippen molar-refractivity contribution in [3.8, 4) is 0 Å². The largest absolute Gasteiger partial charge is 0.376 e. The van der Waals surface area contributed by atoms with Crippen molar-refractivity contribution in [2.24, 2.45) is 0 Å². The summed E-state index contributed by atoms with van der Waals surface area (Å²) in [6.45, 7) is 3.20. The number of rotatable bonds is 0. The third-order valence-corrected chi connectivity index (χ3v) is 1.61. The van der Waals surface area contributed by atoms with Crippen LogP contribution in [0, 0.1) is 6.29 Å². The van der Waals surface area contributed by atoms with E-state index in [1.54, 1.807) is 0 Å². The molecule has 0 amide bonds. The molecule has 2 fully saturated rings. The summed E-state index contributed by atoms with van der Waals surface area (Å²) in [5, 5.41) is 0. The molecule has 2 rings (SSSR count). The second-order valence-electron chi connectivity index (χ2n) is 2.34. The molecule has 0 saturated carbocycles. The Kier molecular flexibility index (Phi) is 1.22. The molecule has 2 saturated heterocycles. The van der Waals surface area contributed by atoms with Crippen LogP contribution in [0.1, 0.15) is 6.92 Å². The quantitative estimate of drug-likeness (QED) is 0.471. The minimum absolute atomic E-state index is 0.171. The van der Waals surface area contributed by atoms with Crippen LogP contribution in [0.5, 0.6) is 0 Å². The molecule has 1 radical (unpaired) electrons. The van der Waals surface area contributed by atoms with Crippen molar-refractivity contribution in [3.63, 3.8) is 0 Å². The summed E-state index contributed by atoms with van der Waals surface area (Å²) in [6.07, 6.45) is 1.03. The van der Waals surface area contributed by atoms with Gasteiger partial charge in [0.2, 0.25) is 6.29 Å². The van der Waals surface area contributed by atoms with E-state index in [1.165, 1.54) is 0 Å². The average Bonchev–Trinajstić information content (AvgIpc) is 2.22. The molecule has 0 bridgehead atoms. The lowest BCUT2D eigenvalue weighted by atomic mass is 10.3. The van der Waals surface area contributed by atoms with Gasteiger partial charge < -0.3 is 14.2 Å². The lowest BCUT2D eigenvalue weighted by molar-refractivity contribution is 0.00174. The molecule has 2 unspecified atom stereocenters. The number of ether oxygens (including phenoxy) is 3. The molecular weight excluding hydrogens is 120 g/mol. The van der Waals surface area contributed by atoms with Gasteiger partial charge in [0.05, 0.1) is 13.2 Å². The van der Waals surface area contributed by atoms with Crippen molar-refractivity contribution >= 4 is 0 Å². The summed E-state index contributed by atoms with van der Waals surface area (Å²) in [7, 11) is 0. The molecule has 0 aromatic rings. The summed E-state index contributed by atoms with van der Waals surface area (Å²) < 4.78 is 15.6. The Morgan fingerprint density at radius 2 is 1.78 bits per heavy atom. The summed E-state index contributed by atoms with van der Waals surface area (Å²) in [6, 6.07) is 0. The zero-order chi connectivity index (χ0) is 6.27. The van der Waals surface area contributed by atoms with Crippen LogP contribution >= 0.6 is 0 Å². The smallest absolute Gasteiger partial charge is 0.221 e. The molecule has 0 N–H and O–H groups in total. The molecule has 3 heteroatoms. The predicted octanol–water partition coefficient (Wildman–Crippen LogP) is 0.310. The van der Waals surface area contributed by atoms with E-state index >= 15 is 0 Å². The van der Waals surface area contributed by atoms with E-state index in [0.717, 1.165) is 0 Å². The minimum atomic E-state index is 0.171. The van der Waals surface area contributed by atoms with E-state index in [0.29, 0.717) is 19.5 Å². The topological polar surface area (TPSA) is 27.7 Å². The number of hydrogen-bond donors (Lipinski definition) is 0. The highest BCUT2D eigenvalue weighted by molar-refractivity contribution is 4.86. The first-order valence-corrected chi connectivity index (χ1v) is 3.11. The molecular formula is C6H9O3. The van der Waals surface area contributed by atoms with Gasteiger partial charge in [-0.15, -0.1) is 0 Å². The molecule has 0 aromatic heterocycles. The fourth-order valence-electron chi connectivity index (χ4n) is 1.19. The van der Waals surface area contributed by atoms with E-state index in [2.05, 4.69) is 0 Å². The maximum atomic E-state index is 5.25. The Labute approximate surface area is 53.9 Å². The van der Waals surface area contributed by atoms with Gasteiger partial charge in [-0.05, 0) is 6.92 Å². The third-order valence-electron chi connectivity index (χ3n) is 1.61. The van der Waals surface area contributed by atoms with Crippen molar-refractivity contribution < 1.29 is 14.2 Å². The van der Waals surface area contributed by atoms with Gasteiger partial charge in [0.15, 0.2) is 0 Å². The first-order valence-electron chi connectivity index (χ1n) is 3.11. The molecule has 2 aliphatic rings. The molecule has 51 valence electrons. The van der Waals surface area contributed by atoms with Crippen LogP contribution in [-0.2, 0) is 14.2 Å². The van der Waals surface area contributed by atoms with Crippen LogP contribution in [0.15, 0.2) is 0 Å². The second kappa shape index (κ2) is 1.94. The normalized spacial score (nSPS) is 43.7. The Balaban J connectivity index is 2.02. The van der Waals surface area contributed by atoms with E-state index in [1.807, 2.05) is 6.92 Å². The van der Waals surface area contributed by atoms with Gasteiger partial charge in [0.25, 0.3) is 0 Å². The third kappa shape index (κ3) is 0.852. The highest BCUT2D eigenvalue weighted by atomic mass is 16.8. The monoisotopic (exact) mass is 129 g/mol. The maximum absolute atomic E-state index is 5.25. The van der Waals surface area contributed by atoms with E-state index in [-0.39, 0.29) is 12.2 Å². The Hall–Kier alpha value is -0.120. The van der Waals surface area contributed by atoms with Crippen LogP contribution in [-0.4, -0.2) is 25.4 Å². The predicted molar refractivity (Wildman–Crippen MR) is 29.5 cm³/mol. The van der Waals surface area contributed by atoms with E-state index in [4.69, 9.17) is 14.2 Å². The highest BCUT2D eigenvalue weighted by Gasteiger charge is 2.39. The van der Waals surface area contributed by atoms with Crippen LogP contribution < -0.4 is 0 Å². The van der Waals surface area contributed by atoms with E-state index < -0.39 is 0 Å². The Morgan fingerprint density at radius 3 is 2.33 bits per heavy atom. The van der Waals surface area contributed by atoms with Crippen molar-refractivity contribution in [1.29, 1.82) is 0 Å². The molecule has 0 aromatic carbocycles. The van der Waals surface area contributed by atoms with Crippen molar-refractivity contribution in [1.82, 2.24) is 0 Å². The first kappa shape index (κ1) is 5.65. The number of hydrogen-bond acceptors (Lipinski definition) is 3. The van der Waals surface area contributed by atoms with Crippen LogP contribution in [0.25, 0.3) is 0 Å². The lowest BCUT2D eigenvalue weighted by Crippen LogP contribution is -2.18. The molecule has 0 aliphatic carbocycles. The first-order chi connectivity index (χ1) is 4.36. The van der Waals surface area contributed by atoms with Crippen LogP contribution in [0.2, 0.25) is 0 Å². The van der Waals surface area contributed by atoms with Crippen molar-refractivity contribution in [2.75, 3.05) is 13.2 Å². The van der Waals surface area contributed by atoms with Gasteiger partial charge in [-0.2, -0.15) is 0 Å². The highest BCUT2D eigenvalue weighted by Crippen LogP contribution is 2.27. The molecule has 2 heterocycles. The molecule has 3 nitrogen and oxygen atoms in total. The van der Waals surface area contributed by atoms with Crippen LogP contribution in [0.4, 0.5) is 0 Å². The summed E-state index contributed by atoms with van der Waals surface area (Å²) in [4.78, 5) is 0. The van der Waals surface area contributed by atoms with Crippen molar-refractivity contribution in [3.05, 3.63) is 6.29 Å². The minimum Gasteiger partial charge on any atom is -0.376 e. The van der Waals surface area contributed by atoms with Gasteiger partial charge in [0.1, 0.15) is 12.2 Å². The van der Waals surface area contributed by atoms with Gasteiger partial charge in [-0.25, -0.2) is 0 Å². The molecule has 2 atom stereocenters. The SMILES string of the molecule is C[C]1OC2COCC2O1. The fourth-order valence-corrected chi connectivity index (χ4v) is 1.19. The molecule has 2 aliphatic heterocycles. The zero-order valence-corrected chi connectivity index (χ0v) is 5.29. The fraction of sp³-hybridized carbons (Fsp3) is 0.833. The standard InChI is InChI=1S/C6H9O3/c1-4-8-5-2-7-3-6(5)9-4/h5-6H,2-3H2,1H3.